The van der Waals surface area contributed by atoms with E-state index < -0.39 is 5.82 Å². The molecule has 31 heavy (non-hydrogen) atoms. The third-order valence-corrected chi connectivity index (χ3v) is 5.86. The quantitative estimate of drug-likeness (QED) is 0.388. The Morgan fingerprint density at radius 3 is 2.71 bits per heavy atom. The molecule has 0 unspecified atom stereocenters. The molecule has 158 valence electrons. The standard InChI is InChI=1S/C21H18FN5O2S2/c1-14(28)23-20-24-15(12-30-20)13-31-21-26-25-19(27(21)16-7-3-2-4-8-16)11-29-18-10-6-5-9-17(18)22/h2-10,12H,11,13H2,1H3,(H,23,24,28). The average molecular weight is 456 g/mol. The van der Waals surface area contributed by atoms with Crippen molar-refractivity contribution in [1.82, 2.24) is 19.7 Å². The predicted octanol–water partition coefficient (Wildman–Crippen LogP) is 4.69. The molecule has 4 rings (SSSR count). The maximum Gasteiger partial charge on any atom is 0.223 e. The van der Waals surface area contributed by atoms with Gasteiger partial charge in [-0.15, -0.1) is 21.5 Å². The van der Waals surface area contributed by atoms with Crippen LogP contribution in [0.15, 0.2) is 65.1 Å². The Morgan fingerprint density at radius 2 is 1.94 bits per heavy atom. The van der Waals surface area contributed by atoms with Crippen LogP contribution in [0.4, 0.5) is 9.52 Å². The average Bonchev–Trinajstić information content (AvgIpc) is 3.38. The molecular formula is C21H18FN5O2S2. The maximum absolute atomic E-state index is 13.9. The number of para-hydroxylation sites is 2. The van der Waals surface area contributed by atoms with Crippen LogP contribution in [0.3, 0.4) is 0 Å². The Hall–Kier alpha value is -3.24. The van der Waals surface area contributed by atoms with E-state index in [9.17, 15) is 9.18 Å². The number of ether oxygens (including phenoxy) is 1. The van der Waals surface area contributed by atoms with Crippen molar-refractivity contribution in [3.05, 3.63) is 77.3 Å². The molecule has 0 radical (unpaired) electrons. The van der Waals surface area contributed by atoms with Gasteiger partial charge in [0, 0.05) is 23.7 Å². The van der Waals surface area contributed by atoms with Crippen LogP contribution in [0.2, 0.25) is 0 Å². The van der Waals surface area contributed by atoms with Gasteiger partial charge in [-0.05, 0) is 24.3 Å². The molecule has 0 aliphatic rings. The van der Waals surface area contributed by atoms with Crippen molar-refractivity contribution < 1.29 is 13.9 Å². The van der Waals surface area contributed by atoms with Crippen molar-refractivity contribution >= 4 is 34.1 Å². The number of carbonyl (C=O) groups is 1. The van der Waals surface area contributed by atoms with Gasteiger partial charge in [0.25, 0.3) is 0 Å². The van der Waals surface area contributed by atoms with Crippen molar-refractivity contribution in [1.29, 1.82) is 0 Å². The van der Waals surface area contributed by atoms with Gasteiger partial charge in [-0.2, -0.15) is 0 Å². The lowest BCUT2D eigenvalue weighted by Gasteiger charge is -2.11. The van der Waals surface area contributed by atoms with E-state index >= 15 is 0 Å². The second kappa shape index (κ2) is 9.71. The smallest absolute Gasteiger partial charge is 0.223 e. The molecule has 0 aliphatic carbocycles. The number of aromatic nitrogens is 4. The van der Waals surface area contributed by atoms with Crippen LogP contribution < -0.4 is 10.1 Å². The second-order valence-corrected chi connectivity index (χ2v) is 8.20. The summed E-state index contributed by atoms with van der Waals surface area (Å²) < 4.78 is 21.4. The summed E-state index contributed by atoms with van der Waals surface area (Å²) in [5.41, 5.74) is 1.70. The lowest BCUT2D eigenvalue weighted by molar-refractivity contribution is -0.114. The van der Waals surface area contributed by atoms with Crippen molar-refractivity contribution in [3.63, 3.8) is 0 Å². The zero-order valence-electron chi connectivity index (χ0n) is 16.5. The zero-order chi connectivity index (χ0) is 21.6. The topological polar surface area (TPSA) is 81.9 Å². The number of anilines is 1. The van der Waals surface area contributed by atoms with E-state index in [2.05, 4.69) is 20.5 Å². The highest BCUT2D eigenvalue weighted by atomic mass is 32.2. The Morgan fingerprint density at radius 1 is 1.16 bits per heavy atom. The lowest BCUT2D eigenvalue weighted by atomic mass is 10.3. The largest absolute Gasteiger partial charge is 0.483 e. The second-order valence-electron chi connectivity index (χ2n) is 6.40. The molecule has 4 aromatic rings. The number of amides is 1. The van der Waals surface area contributed by atoms with Crippen molar-refractivity contribution in [3.8, 4) is 11.4 Å². The summed E-state index contributed by atoms with van der Waals surface area (Å²) in [6.45, 7) is 1.51. The first kappa shape index (κ1) is 21.0. The Bertz CT molecular complexity index is 1180. The van der Waals surface area contributed by atoms with E-state index in [0.29, 0.717) is 21.9 Å². The highest BCUT2D eigenvalue weighted by molar-refractivity contribution is 7.98. The molecule has 0 atom stereocenters. The minimum atomic E-state index is -0.429. The van der Waals surface area contributed by atoms with Crippen LogP contribution in [0.1, 0.15) is 18.4 Å². The van der Waals surface area contributed by atoms with Crippen LogP contribution in [0.25, 0.3) is 5.69 Å². The third-order valence-electron chi connectivity index (χ3n) is 4.09. The first-order chi connectivity index (χ1) is 15.1. The van der Waals surface area contributed by atoms with Gasteiger partial charge in [-0.3, -0.25) is 9.36 Å². The summed E-state index contributed by atoms with van der Waals surface area (Å²) in [5, 5.41) is 14.4. The van der Waals surface area contributed by atoms with Gasteiger partial charge in [0.05, 0.1) is 5.69 Å². The number of benzene rings is 2. The molecule has 1 amide bonds. The van der Waals surface area contributed by atoms with E-state index in [4.69, 9.17) is 4.74 Å². The van der Waals surface area contributed by atoms with E-state index in [1.807, 2.05) is 40.3 Å². The maximum atomic E-state index is 13.9. The summed E-state index contributed by atoms with van der Waals surface area (Å²) in [5.74, 6) is 0.676. The molecule has 0 saturated heterocycles. The Balaban J connectivity index is 1.54. The fraction of sp³-hybridized carbons (Fsp3) is 0.143. The van der Waals surface area contributed by atoms with Gasteiger partial charge >= 0.3 is 0 Å². The number of thiazole rings is 1. The minimum absolute atomic E-state index is 0.0623. The number of hydrogen-bond donors (Lipinski definition) is 1. The molecule has 0 bridgehead atoms. The molecular weight excluding hydrogens is 437 g/mol. The van der Waals surface area contributed by atoms with E-state index in [0.717, 1.165) is 11.4 Å². The van der Waals surface area contributed by atoms with Crippen LogP contribution in [0, 0.1) is 5.82 Å². The SMILES string of the molecule is CC(=O)Nc1nc(CSc2nnc(COc3ccccc3F)n2-c2ccccc2)cs1. The molecule has 7 nitrogen and oxygen atoms in total. The first-order valence-corrected chi connectivity index (χ1v) is 11.2. The number of thioether (sulfide) groups is 1. The molecule has 2 aromatic heterocycles. The van der Waals surface area contributed by atoms with E-state index in [1.54, 1.807) is 18.2 Å². The summed E-state index contributed by atoms with van der Waals surface area (Å²) in [6.07, 6.45) is 0. The molecule has 1 N–H and O–H groups in total. The van der Waals surface area contributed by atoms with Crippen LogP contribution in [-0.4, -0.2) is 25.7 Å². The number of halogens is 1. The number of nitrogens with one attached hydrogen (secondary N) is 1. The highest BCUT2D eigenvalue weighted by Gasteiger charge is 2.16. The van der Waals surface area contributed by atoms with Gasteiger partial charge in [-0.1, -0.05) is 42.1 Å². The van der Waals surface area contributed by atoms with Gasteiger partial charge < -0.3 is 10.1 Å². The predicted molar refractivity (Wildman–Crippen MR) is 118 cm³/mol. The fourth-order valence-electron chi connectivity index (χ4n) is 2.75. The molecule has 10 heteroatoms. The monoisotopic (exact) mass is 455 g/mol. The first-order valence-electron chi connectivity index (χ1n) is 9.32. The molecule has 0 saturated carbocycles. The highest BCUT2D eigenvalue weighted by Crippen LogP contribution is 2.27. The van der Waals surface area contributed by atoms with Crippen molar-refractivity contribution in [2.75, 3.05) is 5.32 Å². The van der Waals surface area contributed by atoms with E-state index in [-0.39, 0.29) is 18.3 Å². The number of nitrogens with zero attached hydrogens (tertiary/aromatic N) is 4. The molecule has 0 spiro atoms. The van der Waals surface area contributed by atoms with Crippen LogP contribution in [-0.2, 0) is 17.2 Å². The molecule has 2 heterocycles. The normalized spacial score (nSPS) is 10.8. The van der Waals surface area contributed by atoms with Crippen LogP contribution >= 0.6 is 23.1 Å². The number of hydrogen-bond acceptors (Lipinski definition) is 7. The van der Waals surface area contributed by atoms with Gasteiger partial charge in [0.15, 0.2) is 27.7 Å². The summed E-state index contributed by atoms with van der Waals surface area (Å²) in [4.78, 5) is 15.6. The number of carbonyl (C=O) groups excluding carboxylic acids is 1. The molecule has 0 aliphatic heterocycles. The molecule has 0 fully saturated rings. The van der Waals surface area contributed by atoms with Gasteiger partial charge in [-0.25, -0.2) is 9.37 Å². The summed E-state index contributed by atoms with van der Waals surface area (Å²) in [6, 6.07) is 15.9. The minimum Gasteiger partial charge on any atom is -0.483 e. The Kier molecular flexibility index (Phi) is 6.58. The lowest BCUT2D eigenvalue weighted by Crippen LogP contribution is -2.07. The van der Waals surface area contributed by atoms with Gasteiger partial charge in [0.2, 0.25) is 5.91 Å². The van der Waals surface area contributed by atoms with Crippen molar-refractivity contribution in [2.45, 2.75) is 24.4 Å². The number of rotatable bonds is 8. The van der Waals surface area contributed by atoms with Crippen LogP contribution in [0.5, 0.6) is 5.75 Å². The van der Waals surface area contributed by atoms with Crippen molar-refractivity contribution in [2.24, 2.45) is 0 Å². The third kappa shape index (κ3) is 5.28. The molecule has 2 aromatic carbocycles. The summed E-state index contributed by atoms with van der Waals surface area (Å²) >= 11 is 2.84. The summed E-state index contributed by atoms with van der Waals surface area (Å²) in [7, 11) is 0. The Labute approximate surface area is 186 Å². The fourth-order valence-corrected chi connectivity index (χ4v) is 4.47. The van der Waals surface area contributed by atoms with E-state index in [1.165, 1.54) is 36.1 Å². The zero-order valence-corrected chi connectivity index (χ0v) is 18.1. The van der Waals surface area contributed by atoms with Gasteiger partial charge in [0.1, 0.15) is 6.61 Å².